The van der Waals surface area contributed by atoms with E-state index in [1.165, 1.54) is 6.26 Å². The molecule has 0 bridgehead atoms. The van der Waals surface area contributed by atoms with Crippen molar-refractivity contribution in [2.75, 3.05) is 0 Å². The third-order valence-electron chi connectivity index (χ3n) is 3.40. The number of carbonyl (C=O) groups is 2. The van der Waals surface area contributed by atoms with Crippen molar-refractivity contribution < 1.29 is 19.1 Å². The van der Waals surface area contributed by atoms with Crippen molar-refractivity contribution in [1.29, 1.82) is 0 Å². The Labute approximate surface area is 145 Å². The highest BCUT2D eigenvalue weighted by molar-refractivity contribution is 7.98. The third kappa shape index (κ3) is 5.16. The molecular formula is C18H21NO4S. The zero-order valence-corrected chi connectivity index (χ0v) is 14.5. The average molecular weight is 347 g/mol. The Hall–Kier alpha value is -2.21. The minimum absolute atomic E-state index is 0.163. The number of aliphatic carboxylic acids is 1. The summed E-state index contributed by atoms with van der Waals surface area (Å²) in [6, 6.07) is 10.7. The molecule has 1 heterocycles. The van der Waals surface area contributed by atoms with E-state index in [1.807, 2.05) is 44.2 Å². The van der Waals surface area contributed by atoms with E-state index >= 15 is 0 Å². The fourth-order valence-corrected chi connectivity index (χ4v) is 3.14. The molecule has 2 rings (SSSR count). The van der Waals surface area contributed by atoms with Gasteiger partial charge in [-0.3, -0.25) is 4.79 Å². The number of carbonyl (C=O) groups excluding carboxylic acids is 1. The minimum Gasteiger partial charge on any atom is -0.480 e. The van der Waals surface area contributed by atoms with Gasteiger partial charge in [0.15, 0.2) is 5.76 Å². The van der Waals surface area contributed by atoms with E-state index in [0.717, 1.165) is 10.5 Å². The molecule has 0 aliphatic carbocycles. The molecule has 0 saturated heterocycles. The van der Waals surface area contributed by atoms with Gasteiger partial charge in [0.05, 0.1) is 6.26 Å². The highest BCUT2D eigenvalue weighted by atomic mass is 32.2. The van der Waals surface area contributed by atoms with Crippen LogP contribution in [0.15, 0.2) is 52.0 Å². The maximum absolute atomic E-state index is 12.4. The van der Waals surface area contributed by atoms with Crippen LogP contribution in [-0.4, -0.2) is 23.0 Å². The molecule has 5 nitrogen and oxygen atoms in total. The molecule has 0 unspecified atom stereocenters. The zero-order valence-electron chi connectivity index (χ0n) is 13.7. The van der Waals surface area contributed by atoms with E-state index < -0.39 is 17.9 Å². The van der Waals surface area contributed by atoms with Gasteiger partial charge in [0.25, 0.3) is 5.91 Å². The van der Waals surface area contributed by atoms with Crippen LogP contribution in [0.1, 0.15) is 36.4 Å². The molecule has 0 radical (unpaired) electrons. The first-order chi connectivity index (χ1) is 11.5. The average Bonchev–Trinajstić information content (AvgIpc) is 3.01. The molecule has 1 atom stereocenters. The maximum atomic E-state index is 12.4. The van der Waals surface area contributed by atoms with Crippen LogP contribution in [0.4, 0.5) is 0 Å². The van der Waals surface area contributed by atoms with Gasteiger partial charge in [-0.15, -0.1) is 11.8 Å². The lowest BCUT2D eigenvalue weighted by atomic mass is 10.0. The molecule has 0 spiro atoms. The number of amides is 1. The fraction of sp³-hybridized carbons (Fsp3) is 0.333. The van der Waals surface area contributed by atoms with Crippen LogP contribution in [0.3, 0.4) is 0 Å². The number of carboxylic acid groups (broad SMARTS) is 1. The quantitative estimate of drug-likeness (QED) is 0.710. The highest BCUT2D eigenvalue weighted by Crippen LogP contribution is 2.25. The van der Waals surface area contributed by atoms with Gasteiger partial charge < -0.3 is 14.8 Å². The van der Waals surface area contributed by atoms with Gasteiger partial charge in [-0.1, -0.05) is 32.0 Å². The van der Waals surface area contributed by atoms with Gasteiger partial charge in [-0.25, -0.2) is 4.79 Å². The van der Waals surface area contributed by atoms with E-state index in [9.17, 15) is 14.7 Å². The molecular weight excluding hydrogens is 326 g/mol. The molecule has 1 aromatic heterocycles. The highest BCUT2D eigenvalue weighted by Gasteiger charge is 2.24. The third-order valence-corrected chi connectivity index (χ3v) is 4.46. The number of hydrogen-bond acceptors (Lipinski definition) is 4. The normalized spacial score (nSPS) is 12.1. The first-order valence-electron chi connectivity index (χ1n) is 7.75. The monoisotopic (exact) mass is 347 g/mol. The summed E-state index contributed by atoms with van der Waals surface area (Å²) in [6.07, 6.45) is 1.82. The Morgan fingerprint density at radius 1 is 1.21 bits per heavy atom. The van der Waals surface area contributed by atoms with Gasteiger partial charge in [0.2, 0.25) is 0 Å². The maximum Gasteiger partial charge on any atom is 0.326 e. The Bertz CT molecular complexity index is 681. The van der Waals surface area contributed by atoms with Crippen LogP contribution in [0.25, 0.3) is 0 Å². The van der Waals surface area contributed by atoms with Crippen LogP contribution in [-0.2, 0) is 10.5 Å². The van der Waals surface area contributed by atoms with Crippen LogP contribution >= 0.6 is 11.8 Å². The largest absolute Gasteiger partial charge is 0.480 e. The van der Waals surface area contributed by atoms with E-state index in [0.29, 0.717) is 12.2 Å². The van der Waals surface area contributed by atoms with Crippen LogP contribution in [0.5, 0.6) is 0 Å². The van der Waals surface area contributed by atoms with Crippen molar-refractivity contribution in [1.82, 2.24) is 5.32 Å². The summed E-state index contributed by atoms with van der Waals surface area (Å²) < 4.78 is 5.28. The second-order valence-corrected chi connectivity index (χ2v) is 6.92. The van der Waals surface area contributed by atoms with Crippen molar-refractivity contribution >= 4 is 23.6 Å². The number of nitrogens with one attached hydrogen (secondary N) is 1. The summed E-state index contributed by atoms with van der Waals surface area (Å²) in [4.78, 5) is 24.7. The van der Waals surface area contributed by atoms with E-state index in [-0.39, 0.29) is 11.7 Å². The van der Waals surface area contributed by atoms with E-state index in [2.05, 4.69) is 5.32 Å². The first-order valence-corrected chi connectivity index (χ1v) is 8.73. The van der Waals surface area contributed by atoms with E-state index in [1.54, 1.807) is 17.8 Å². The molecule has 2 N–H and O–H groups in total. The number of carboxylic acids is 1. The van der Waals surface area contributed by atoms with Crippen LogP contribution < -0.4 is 5.32 Å². The van der Waals surface area contributed by atoms with E-state index in [4.69, 9.17) is 4.42 Å². The summed E-state index contributed by atoms with van der Waals surface area (Å²) >= 11 is 1.59. The lowest BCUT2D eigenvalue weighted by molar-refractivity contribution is -0.139. The topological polar surface area (TPSA) is 79.5 Å². The lowest BCUT2D eigenvalue weighted by Gasteiger charge is -2.16. The predicted molar refractivity (Wildman–Crippen MR) is 93.1 cm³/mol. The van der Waals surface area contributed by atoms with Gasteiger partial charge >= 0.3 is 5.97 Å². The van der Waals surface area contributed by atoms with Gasteiger partial charge in [-0.05, 0) is 30.5 Å². The molecule has 1 amide bonds. The SMILES string of the molecule is CC(C)C[C@@H](NC(=O)c1occc1CSc1ccccc1)C(=O)O. The summed E-state index contributed by atoms with van der Waals surface area (Å²) in [5, 5.41) is 11.8. The number of benzene rings is 1. The first kappa shape index (κ1) is 18.1. The Morgan fingerprint density at radius 2 is 1.92 bits per heavy atom. The molecule has 2 aromatic rings. The Balaban J connectivity index is 2.02. The fourth-order valence-electron chi connectivity index (χ4n) is 2.24. The molecule has 0 aliphatic rings. The number of rotatable bonds is 8. The molecule has 1 aromatic carbocycles. The Kier molecular flexibility index (Phi) is 6.49. The molecule has 0 aliphatic heterocycles. The summed E-state index contributed by atoms with van der Waals surface area (Å²) in [7, 11) is 0. The lowest BCUT2D eigenvalue weighted by Crippen LogP contribution is -2.41. The molecule has 0 fully saturated rings. The van der Waals surface area contributed by atoms with Gasteiger partial charge in [0.1, 0.15) is 6.04 Å². The van der Waals surface area contributed by atoms with Crippen molar-refractivity contribution in [2.24, 2.45) is 5.92 Å². The summed E-state index contributed by atoms with van der Waals surface area (Å²) in [6.45, 7) is 3.83. The van der Waals surface area contributed by atoms with Crippen molar-refractivity contribution in [2.45, 2.75) is 37.0 Å². The molecule has 6 heteroatoms. The Morgan fingerprint density at radius 3 is 2.54 bits per heavy atom. The van der Waals surface area contributed by atoms with Crippen molar-refractivity contribution in [3.8, 4) is 0 Å². The minimum atomic E-state index is -1.04. The summed E-state index contributed by atoms with van der Waals surface area (Å²) in [5.41, 5.74) is 0.745. The van der Waals surface area contributed by atoms with Crippen molar-refractivity contribution in [3.63, 3.8) is 0 Å². The van der Waals surface area contributed by atoms with Crippen LogP contribution in [0, 0.1) is 5.92 Å². The standard InChI is InChI=1S/C18H21NO4S/c1-12(2)10-15(18(21)22)19-17(20)16-13(8-9-23-16)11-24-14-6-4-3-5-7-14/h3-9,12,15H,10-11H2,1-2H3,(H,19,20)(H,21,22)/t15-/m1/s1. The van der Waals surface area contributed by atoms with Gasteiger partial charge in [0, 0.05) is 16.2 Å². The second-order valence-electron chi connectivity index (χ2n) is 5.87. The number of furan rings is 1. The smallest absolute Gasteiger partial charge is 0.326 e. The summed E-state index contributed by atoms with van der Waals surface area (Å²) in [5.74, 6) is -0.615. The zero-order chi connectivity index (χ0) is 17.5. The van der Waals surface area contributed by atoms with Crippen LogP contribution in [0.2, 0.25) is 0 Å². The molecule has 24 heavy (non-hydrogen) atoms. The van der Waals surface area contributed by atoms with Crippen molar-refractivity contribution in [3.05, 3.63) is 54.0 Å². The van der Waals surface area contributed by atoms with Gasteiger partial charge in [-0.2, -0.15) is 0 Å². The predicted octanol–water partition coefficient (Wildman–Crippen LogP) is 3.80. The molecule has 0 saturated carbocycles. The number of thioether (sulfide) groups is 1. The second kappa shape index (κ2) is 8.59. The molecule has 128 valence electrons. The number of hydrogen-bond donors (Lipinski definition) is 2.